The molecule has 2 aromatic rings. The van der Waals surface area contributed by atoms with Crippen LogP contribution in [0.2, 0.25) is 0 Å². The van der Waals surface area contributed by atoms with E-state index in [2.05, 4.69) is 5.32 Å². The van der Waals surface area contributed by atoms with Crippen LogP contribution >= 0.6 is 0 Å². The van der Waals surface area contributed by atoms with Crippen molar-refractivity contribution in [3.63, 3.8) is 0 Å². The fourth-order valence-electron chi connectivity index (χ4n) is 1.82. The molecule has 0 bridgehead atoms. The second-order valence-corrected chi connectivity index (χ2v) is 4.74. The van der Waals surface area contributed by atoms with Crippen molar-refractivity contribution in [2.24, 2.45) is 0 Å². The average molecular weight is 314 g/mol. The number of hydrogen-bond acceptors (Lipinski definition) is 5. The van der Waals surface area contributed by atoms with Gasteiger partial charge < -0.3 is 10.1 Å². The maximum Gasteiger partial charge on any atom is 0.271 e. The first-order chi connectivity index (χ1) is 11.0. The van der Waals surface area contributed by atoms with Crippen LogP contribution in [-0.2, 0) is 4.79 Å². The molecule has 0 fully saturated rings. The lowest BCUT2D eigenvalue weighted by molar-refractivity contribution is -0.384. The zero-order valence-electron chi connectivity index (χ0n) is 12.3. The van der Waals surface area contributed by atoms with Crippen LogP contribution in [0.3, 0.4) is 0 Å². The van der Waals surface area contributed by atoms with Gasteiger partial charge in [0.05, 0.1) is 4.92 Å². The molecule has 23 heavy (non-hydrogen) atoms. The van der Waals surface area contributed by atoms with Crippen molar-refractivity contribution in [2.45, 2.75) is 13.0 Å². The smallest absolute Gasteiger partial charge is 0.271 e. The number of anilines is 1. The lowest BCUT2D eigenvalue weighted by Gasteiger charge is -2.14. The molecule has 7 heteroatoms. The molecule has 1 atom stereocenters. The number of ether oxygens (including phenoxy) is 1. The first kappa shape index (κ1) is 16.2. The van der Waals surface area contributed by atoms with Gasteiger partial charge in [-0.2, -0.15) is 0 Å². The van der Waals surface area contributed by atoms with E-state index >= 15 is 0 Å². The van der Waals surface area contributed by atoms with Crippen molar-refractivity contribution in [1.29, 1.82) is 0 Å². The van der Waals surface area contributed by atoms with E-state index in [0.717, 1.165) is 0 Å². The maximum atomic E-state index is 12.1. The molecule has 0 spiro atoms. The maximum absolute atomic E-state index is 12.1. The molecule has 0 aliphatic carbocycles. The Labute approximate surface area is 132 Å². The zero-order valence-corrected chi connectivity index (χ0v) is 12.3. The number of carbonyl (C=O) groups excluding carboxylic acids is 2. The third kappa shape index (κ3) is 4.37. The molecule has 2 aromatic carbocycles. The molecule has 2 rings (SSSR count). The number of aldehydes is 1. The summed E-state index contributed by atoms with van der Waals surface area (Å²) in [5, 5.41) is 13.3. The van der Waals surface area contributed by atoms with Crippen LogP contribution in [0.5, 0.6) is 5.75 Å². The van der Waals surface area contributed by atoms with Crippen LogP contribution in [0, 0.1) is 10.1 Å². The van der Waals surface area contributed by atoms with Gasteiger partial charge in [0.25, 0.3) is 11.6 Å². The van der Waals surface area contributed by atoms with Gasteiger partial charge in [-0.15, -0.1) is 0 Å². The molecule has 0 heterocycles. The predicted molar refractivity (Wildman–Crippen MR) is 83.6 cm³/mol. The van der Waals surface area contributed by atoms with Gasteiger partial charge in [-0.05, 0) is 37.3 Å². The Bertz CT molecular complexity index is 728. The molecule has 0 aliphatic rings. The lowest BCUT2D eigenvalue weighted by atomic mass is 10.2. The normalized spacial score (nSPS) is 11.3. The summed E-state index contributed by atoms with van der Waals surface area (Å²) in [5.74, 6) is 0.00209. The Kier molecular flexibility index (Phi) is 5.03. The van der Waals surface area contributed by atoms with Gasteiger partial charge in [0, 0.05) is 23.4 Å². The minimum atomic E-state index is -0.809. The van der Waals surface area contributed by atoms with Crippen LogP contribution in [0.4, 0.5) is 11.4 Å². The summed E-state index contributed by atoms with van der Waals surface area (Å²) in [6, 6.07) is 12.0. The van der Waals surface area contributed by atoms with Crippen LogP contribution in [0.1, 0.15) is 17.3 Å². The summed E-state index contributed by atoms with van der Waals surface area (Å²) in [6.45, 7) is 1.56. The zero-order chi connectivity index (χ0) is 16.8. The van der Waals surface area contributed by atoms with Crippen molar-refractivity contribution < 1.29 is 19.2 Å². The topological polar surface area (TPSA) is 98.5 Å². The minimum Gasteiger partial charge on any atom is -0.481 e. The number of hydrogen-bond donors (Lipinski definition) is 1. The number of rotatable bonds is 6. The van der Waals surface area contributed by atoms with Gasteiger partial charge in [-0.3, -0.25) is 19.7 Å². The molecule has 1 amide bonds. The first-order valence-electron chi connectivity index (χ1n) is 6.77. The first-order valence-corrected chi connectivity index (χ1v) is 6.77. The predicted octanol–water partition coefficient (Wildman–Crippen LogP) is 2.81. The second kappa shape index (κ2) is 7.17. The Hall–Kier alpha value is -3.22. The molecule has 0 aliphatic heterocycles. The number of nitrogens with one attached hydrogen (secondary N) is 1. The van der Waals surface area contributed by atoms with Crippen molar-refractivity contribution in [3.05, 3.63) is 64.2 Å². The summed E-state index contributed by atoms with van der Waals surface area (Å²) in [6.07, 6.45) is -0.0984. The molecular weight excluding hydrogens is 300 g/mol. The summed E-state index contributed by atoms with van der Waals surface area (Å²) in [5.41, 5.74) is 0.711. The van der Waals surface area contributed by atoms with Gasteiger partial charge in [0.15, 0.2) is 6.10 Å². The largest absolute Gasteiger partial charge is 0.481 e. The van der Waals surface area contributed by atoms with Crippen molar-refractivity contribution in [3.8, 4) is 5.75 Å². The Morgan fingerprint density at radius 3 is 2.57 bits per heavy atom. The fraction of sp³-hybridized carbons (Fsp3) is 0.125. The van der Waals surface area contributed by atoms with Crippen LogP contribution in [0.25, 0.3) is 0 Å². The molecule has 0 saturated carbocycles. The molecule has 0 aromatic heterocycles. The number of carbonyl (C=O) groups is 2. The van der Waals surface area contributed by atoms with Crippen LogP contribution in [-0.4, -0.2) is 23.2 Å². The molecular formula is C16H14N2O5. The van der Waals surface area contributed by atoms with Crippen molar-refractivity contribution in [2.75, 3.05) is 5.32 Å². The van der Waals surface area contributed by atoms with E-state index in [0.29, 0.717) is 23.3 Å². The number of benzene rings is 2. The van der Waals surface area contributed by atoms with Gasteiger partial charge in [0.2, 0.25) is 0 Å². The summed E-state index contributed by atoms with van der Waals surface area (Å²) >= 11 is 0. The monoisotopic (exact) mass is 314 g/mol. The van der Waals surface area contributed by atoms with E-state index in [1.54, 1.807) is 37.3 Å². The molecule has 0 saturated heterocycles. The molecule has 1 unspecified atom stereocenters. The highest BCUT2D eigenvalue weighted by atomic mass is 16.6. The van der Waals surface area contributed by atoms with Gasteiger partial charge >= 0.3 is 0 Å². The Morgan fingerprint density at radius 1 is 1.26 bits per heavy atom. The van der Waals surface area contributed by atoms with Gasteiger partial charge in [-0.1, -0.05) is 6.07 Å². The van der Waals surface area contributed by atoms with Crippen molar-refractivity contribution in [1.82, 2.24) is 0 Å². The third-order valence-electron chi connectivity index (χ3n) is 3.02. The summed E-state index contributed by atoms with van der Waals surface area (Å²) in [7, 11) is 0. The highest BCUT2D eigenvalue weighted by molar-refractivity contribution is 5.94. The fourth-order valence-corrected chi connectivity index (χ4v) is 1.82. The molecule has 0 radical (unpaired) electrons. The minimum absolute atomic E-state index is 0.110. The van der Waals surface area contributed by atoms with E-state index in [9.17, 15) is 19.7 Å². The van der Waals surface area contributed by atoms with Crippen molar-refractivity contribution >= 4 is 23.6 Å². The number of amides is 1. The standard InChI is InChI=1S/C16H14N2O5/c1-11(23-15-7-5-12(10-19)6-8-15)16(20)17-13-3-2-4-14(9-13)18(21)22/h2-11H,1H3,(H,17,20). The van der Waals surface area contributed by atoms with E-state index in [4.69, 9.17) is 4.74 Å². The molecule has 118 valence electrons. The number of nitro groups is 1. The van der Waals surface area contributed by atoms with Crippen LogP contribution < -0.4 is 10.1 Å². The number of nitrogens with zero attached hydrogens (tertiary/aromatic N) is 1. The van der Waals surface area contributed by atoms with E-state index in [1.165, 1.54) is 18.2 Å². The SMILES string of the molecule is CC(Oc1ccc(C=O)cc1)C(=O)Nc1cccc([N+](=O)[O-])c1. The Balaban J connectivity index is 2.00. The van der Waals surface area contributed by atoms with Crippen LogP contribution in [0.15, 0.2) is 48.5 Å². The number of nitro benzene ring substituents is 1. The summed E-state index contributed by atoms with van der Waals surface area (Å²) < 4.78 is 5.46. The molecule has 1 N–H and O–H groups in total. The third-order valence-corrected chi connectivity index (χ3v) is 3.02. The van der Waals surface area contributed by atoms with E-state index < -0.39 is 16.9 Å². The molecule has 7 nitrogen and oxygen atoms in total. The van der Waals surface area contributed by atoms with E-state index in [1.807, 2.05) is 0 Å². The second-order valence-electron chi connectivity index (χ2n) is 4.74. The highest BCUT2D eigenvalue weighted by Gasteiger charge is 2.16. The quantitative estimate of drug-likeness (QED) is 0.502. The Morgan fingerprint density at radius 2 is 1.96 bits per heavy atom. The van der Waals surface area contributed by atoms with Gasteiger partial charge in [0.1, 0.15) is 12.0 Å². The van der Waals surface area contributed by atoms with Gasteiger partial charge in [-0.25, -0.2) is 0 Å². The number of non-ortho nitro benzene ring substituents is 1. The summed E-state index contributed by atoms with van der Waals surface area (Å²) in [4.78, 5) is 32.8. The lowest BCUT2D eigenvalue weighted by Crippen LogP contribution is -2.30. The highest BCUT2D eigenvalue weighted by Crippen LogP contribution is 2.18. The van der Waals surface area contributed by atoms with E-state index in [-0.39, 0.29) is 5.69 Å². The average Bonchev–Trinajstić information content (AvgIpc) is 2.55.